The van der Waals surface area contributed by atoms with Gasteiger partial charge in [-0.1, -0.05) is 24.3 Å². The molecule has 4 nitrogen and oxygen atoms in total. The van der Waals surface area contributed by atoms with Crippen molar-refractivity contribution in [2.75, 3.05) is 0 Å². The molecule has 2 aromatic heterocycles. The number of nitrogens with one attached hydrogen (secondary N) is 1. The Kier molecular flexibility index (Phi) is 3.67. The molecule has 0 radical (unpaired) electrons. The molecular weight excluding hydrogens is 248 g/mol. The van der Waals surface area contributed by atoms with Crippen LogP contribution in [0, 0.1) is 0 Å². The van der Waals surface area contributed by atoms with Crippen LogP contribution in [0.5, 0.6) is 0 Å². The van der Waals surface area contributed by atoms with Gasteiger partial charge in [0.1, 0.15) is 0 Å². The number of nitrogens with two attached hydrogens (primary N) is 1. The fourth-order valence-corrected chi connectivity index (χ4v) is 2.45. The molecule has 4 heteroatoms. The summed E-state index contributed by atoms with van der Waals surface area (Å²) in [6.07, 6.45) is 8.12. The zero-order valence-electron chi connectivity index (χ0n) is 11.0. The number of hydrazine groups is 1. The van der Waals surface area contributed by atoms with E-state index in [9.17, 15) is 0 Å². The average molecular weight is 264 g/mol. The molecule has 3 rings (SSSR count). The van der Waals surface area contributed by atoms with E-state index in [-0.39, 0.29) is 6.04 Å². The van der Waals surface area contributed by atoms with Gasteiger partial charge in [0.25, 0.3) is 0 Å². The van der Waals surface area contributed by atoms with Crippen molar-refractivity contribution < 1.29 is 0 Å². The minimum absolute atomic E-state index is 0.0344. The smallest absolute Gasteiger partial charge is 0.0507 e. The molecule has 0 amide bonds. The minimum atomic E-state index is 0.0344. The van der Waals surface area contributed by atoms with Gasteiger partial charge < -0.3 is 0 Å². The molecule has 0 aliphatic carbocycles. The number of benzene rings is 1. The summed E-state index contributed by atoms with van der Waals surface area (Å²) in [6, 6.07) is 12.3. The van der Waals surface area contributed by atoms with Gasteiger partial charge in [0.15, 0.2) is 0 Å². The number of nitrogens with zero attached hydrogens (tertiary/aromatic N) is 2. The van der Waals surface area contributed by atoms with Gasteiger partial charge in [-0.05, 0) is 35.1 Å². The van der Waals surface area contributed by atoms with Crippen molar-refractivity contribution in [3.8, 4) is 0 Å². The number of pyridine rings is 2. The van der Waals surface area contributed by atoms with Crippen molar-refractivity contribution in [1.29, 1.82) is 0 Å². The van der Waals surface area contributed by atoms with E-state index in [1.54, 1.807) is 12.4 Å². The molecule has 2 heterocycles. The number of aromatic nitrogens is 2. The lowest BCUT2D eigenvalue weighted by atomic mass is 9.96. The molecule has 3 N–H and O–H groups in total. The predicted octanol–water partition coefficient (Wildman–Crippen LogP) is 2.38. The third-order valence-corrected chi connectivity index (χ3v) is 3.46. The lowest BCUT2D eigenvalue weighted by molar-refractivity contribution is 0.555. The molecule has 0 saturated carbocycles. The van der Waals surface area contributed by atoms with Gasteiger partial charge >= 0.3 is 0 Å². The normalized spacial score (nSPS) is 12.4. The first-order valence-corrected chi connectivity index (χ1v) is 6.56. The van der Waals surface area contributed by atoms with Crippen LogP contribution in [0.3, 0.4) is 0 Å². The first-order chi connectivity index (χ1) is 9.88. The zero-order valence-corrected chi connectivity index (χ0v) is 11.0. The maximum absolute atomic E-state index is 5.75. The molecule has 1 atom stereocenters. The molecule has 1 aromatic carbocycles. The summed E-state index contributed by atoms with van der Waals surface area (Å²) in [5.74, 6) is 5.75. The lowest BCUT2D eigenvalue weighted by Gasteiger charge is -2.18. The molecule has 0 aliphatic rings. The van der Waals surface area contributed by atoms with E-state index >= 15 is 0 Å². The molecule has 0 aliphatic heterocycles. The Bertz CT molecular complexity index is 692. The van der Waals surface area contributed by atoms with Gasteiger partial charge in [0.2, 0.25) is 0 Å². The van der Waals surface area contributed by atoms with Crippen molar-refractivity contribution in [2.45, 2.75) is 12.5 Å². The van der Waals surface area contributed by atoms with Crippen molar-refractivity contribution in [3.05, 3.63) is 72.3 Å². The fraction of sp³-hybridized carbons (Fsp3) is 0.125. The Morgan fingerprint density at radius 3 is 2.70 bits per heavy atom. The highest BCUT2D eigenvalue weighted by atomic mass is 15.2. The van der Waals surface area contributed by atoms with Gasteiger partial charge in [-0.2, -0.15) is 0 Å². The second kappa shape index (κ2) is 5.77. The maximum atomic E-state index is 5.75. The van der Waals surface area contributed by atoms with Gasteiger partial charge in [-0.25, -0.2) is 0 Å². The Labute approximate surface area is 117 Å². The van der Waals surface area contributed by atoms with E-state index in [0.717, 1.165) is 22.9 Å². The third-order valence-electron chi connectivity index (χ3n) is 3.46. The topological polar surface area (TPSA) is 63.8 Å². The average Bonchev–Trinajstić information content (AvgIpc) is 2.53. The summed E-state index contributed by atoms with van der Waals surface area (Å²) >= 11 is 0. The van der Waals surface area contributed by atoms with Crippen molar-refractivity contribution in [3.63, 3.8) is 0 Å². The van der Waals surface area contributed by atoms with E-state index in [1.165, 1.54) is 5.39 Å². The summed E-state index contributed by atoms with van der Waals surface area (Å²) in [6.45, 7) is 0. The van der Waals surface area contributed by atoms with Gasteiger partial charge in [0.05, 0.1) is 6.04 Å². The lowest BCUT2D eigenvalue weighted by Crippen LogP contribution is -2.29. The summed E-state index contributed by atoms with van der Waals surface area (Å²) in [7, 11) is 0. The second-order valence-corrected chi connectivity index (χ2v) is 4.73. The molecule has 0 bridgehead atoms. The number of fused-ring (bicyclic) bond motifs is 1. The van der Waals surface area contributed by atoms with Crippen LogP contribution >= 0.6 is 0 Å². The van der Waals surface area contributed by atoms with E-state index in [0.29, 0.717) is 0 Å². The standard InChI is InChI=1S/C16H16N4/c17-20-16(9-12-3-2-7-18-10-12)14-5-1-4-13-6-8-19-11-15(13)14/h1-8,10-11,16,20H,9,17H2. The first kappa shape index (κ1) is 12.7. The molecule has 0 saturated heterocycles. The highest BCUT2D eigenvalue weighted by molar-refractivity contribution is 5.85. The second-order valence-electron chi connectivity index (χ2n) is 4.73. The summed E-state index contributed by atoms with van der Waals surface area (Å²) in [4.78, 5) is 8.36. The molecular formula is C16H16N4. The van der Waals surface area contributed by atoms with Gasteiger partial charge in [-0.15, -0.1) is 0 Å². The van der Waals surface area contributed by atoms with Crippen molar-refractivity contribution in [2.24, 2.45) is 5.84 Å². The van der Waals surface area contributed by atoms with Crippen LogP contribution in [-0.4, -0.2) is 9.97 Å². The van der Waals surface area contributed by atoms with Gasteiger partial charge in [0, 0.05) is 30.2 Å². The maximum Gasteiger partial charge on any atom is 0.0507 e. The largest absolute Gasteiger partial charge is 0.271 e. The molecule has 100 valence electrons. The number of hydrogen-bond donors (Lipinski definition) is 2. The zero-order chi connectivity index (χ0) is 13.8. The van der Waals surface area contributed by atoms with E-state index < -0.39 is 0 Å². The third kappa shape index (κ3) is 2.52. The van der Waals surface area contributed by atoms with E-state index in [2.05, 4.69) is 33.6 Å². The van der Waals surface area contributed by atoms with E-state index in [4.69, 9.17) is 5.84 Å². The van der Waals surface area contributed by atoms with Crippen molar-refractivity contribution in [1.82, 2.24) is 15.4 Å². The van der Waals surface area contributed by atoms with Crippen LogP contribution in [0.25, 0.3) is 10.8 Å². The Morgan fingerprint density at radius 1 is 1.00 bits per heavy atom. The van der Waals surface area contributed by atoms with Gasteiger partial charge in [-0.3, -0.25) is 21.2 Å². The minimum Gasteiger partial charge on any atom is -0.271 e. The highest BCUT2D eigenvalue weighted by Gasteiger charge is 2.13. The van der Waals surface area contributed by atoms with Crippen molar-refractivity contribution >= 4 is 10.8 Å². The van der Waals surface area contributed by atoms with Crippen LogP contribution in [-0.2, 0) is 6.42 Å². The Morgan fingerprint density at radius 2 is 1.90 bits per heavy atom. The highest BCUT2D eigenvalue weighted by Crippen LogP contribution is 2.25. The Balaban J connectivity index is 1.99. The summed E-state index contributed by atoms with van der Waals surface area (Å²) in [5, 5.41) is 2.30. The Hall–Kier alpha value is -2.30. The molecule has 0 fully saturated rings. The van der Waals surface area contributed by atoms with E-state index in [1.807, 2.05) is 30.6 Å². The monoisotopic (exact) mass is 264 g/mol. The molecule has 20 heavy (non-hydrogen) atoms. The summed E-state index contributed by atoms with van der Waals surface area (Å²) in [5.41, 5.74) is 5.21. The van der Waals surface area contributed by atoms with Crippen LogP contribution in [0.4, 0.5) is 0 Å². The van der Waals surface area contributed by atoms with Crippen LogP contribution in [0.1, 0.15) is 17.2 Å². The SMILES string of the molecule is NNC(Cc1cccnc1)c1cccc2ccncc12. The quantitative estimate of drug-likeness (QED) is 0.561. The molecule has 3 aromatic rings. The van der Waals surface area contributed by atoms with Crippen LogP contribution in [0.15, 0.2) is 61.2 Å². The fourth-order valence-electron chi connectivity index (χ4n) is 2.45. The summed E-state index contributed by atoms with van der Waals surface area (Å²) < 4.78 is 0. The molecule has 1 unspecified atom stereocenters. The number of rotatable bonds is 4. The number of hydrogen-bond acceptors (Lipinski definition) is 4. The molecule has 0 spiro atoms. The predicted molar refractivity (Wildman–Crippen MR) is 79.7 cm³/mol. The van der Waals surface area contributed by atoms with Crippen LogP contribution < -0.4 is 11.3 Å². The first-order valence-electron chi connectivity index (χ1n) is 6.56. The van der Waals surface area contributed by atoms with Crippen LogP contribution in [0.2, 0.25) is 0 Å².